The molecule has 0 fully saturated rings. The molecule has 116 valence electrons. The van der Waals surface area contributed by atoms with Crippen molar-refractivity contribution in [2.45, 2.75) is 33.6 Å². The van der Waals surface area contributed by atoms with Crippen molar-refractivity contribution in [2.75, 3.05) is 5.32 Å². The van der Waals surface area contributed by atoms with Gasteiger partial charge in [-0.05, 0) is 18.8 Å². The van der Waals surface area contributed by atoms with Gasteiger partial charge in [-0.1, -0.05) is 19.0 Å². The van der Waals surface area contributed by atoms with Gasteiger partial charge in [0.2, 0.25) is 0 Å². The Balaban J connectivity index is 1.99. The molecule has 2 aromatic rings. The summed E-state index contributed by atoms with van der Waals surface area (Å²) >= 11 is 1.34. The predicted molar refractivity (Wildman–Crippen MR) is 83.9 cm³/mol. The number of nitrogens with one attached hydrogen (secondary N) is 1. The van der Waals surface area contributed by atoms with E-state index in [-0.39, 0.29) is 17.1 Å². The molecule has 22 heavy (non-hydrogen) atoms. The number of anilines is 1. The van der Waals surface area contributed by atoms with Crippen molar-refractivity contribution in [3.8, 4) is 0 Å². The zero-order chi connectivity index (χ0) is 15.9. The summed E-state index contributed by atoms with van der Waals surface area (Å²) in [6.45, 7) is 5.96. The van der Waals surface area contributed by atoms with Crippen LogP contribution >= 0.6 is 11.3 Å². The number of carbonyl (C=O) groups excluding carboxylic acids is 1. The average Bonchev–Trinajstić information content (AvgIpc) is 3.05. The molecule has 1 amide bonds. The van der Waals surface area contributed by atoms with E-state index in [4.69, 9.17) is 4.42 Å². The number of oxime groups is 1. The van der Waals surface area contributed by atoms with Gasteiger partial charge >= 0.3 is 0 Å². The maximum absolute atomic E-state index is 12.4. The van der Waals surface area contributed by atoms with Gasteiger partial charge in [-0.2, -0.15) is 0 Å². The molecule has 0 atom stereocenters. The summed E-state index contributed by atoms with van der Waals surface area (Å²) in [6, 6.07) is 0. The molecule has 0 aromatic carbocycles. The first-order valence-electron chi connectivity index (χ1n) is 6.96. The number of amides is 1. The van der Waals surface area contributed by atoms with Crippen molar-refractivity contribution < 1.29 is 14.4 Å². The fourth-order valence-corrected chi connectivity index (χ4v) is 3.38. The first kappa shape index (κ1) is 14.8. The Bertz CT molecular complexity index is 744. The Hall–Kier alpha value is -2.15. The molecule has 0 unspecified atom stereocenters. The molecule has 0 aliphatic heterocycles. The van der Waals surface area contributed by atoms with Crippen LogP contribution in [-0.2, 0) is 6.42 Å². The quantitative estimate of drug-likeness (QED) is 0.655. The molecule has 2 heterocycles. The topological polar surface area (TPSA) is 87.7 Å². The lowest BCUT2D eigenvalue weighted by Crippen LogP contribution is -2.27. The molecule has 1 aliphatic rings. The van der Waals surface area contributed by atoms with Crippen LogP contribution in [0.3, 0.4) is 0 Å². The van der Waals surface area contributed by atoms with Crippen LogP contribution < -0.4 is 5.32 Å². The number of thiazole rings is 1. The van der Waals surface area contributed by atoms with Gasteiger partial charge in [0.05, 0.1) is 5.71 Å². The Morgan fingerprint density at radius 2 is 2.27 bits per heavy atom. The molecular formula is C15H17N3O3S. The van der Waals surface area contributed by atoms with Crippen LogP contribution in [0, 0.1) is 12.3 Å². The lowest BCUT2D eigenvalue weighted by Gasteiger charge is -2.28. The fraction of sp³-hybridized carbons (Fsp3) is 0.400. The Kier molecular flexibility index (Phi) is 3.52. The second-order valence-electron chi connectivity index (χ2n) is 6.21. The van der Waals surface area contributed by atoms with Crippen molar-refractivity contribution in [1.82, 2.24) is 4.98 Å². The number of fused-ring (bicyclic) bond motifs is 1. The van der Waals surface area contributed by atoms with Gasteiger partial charge in [0.15, 0.2) is 10.9 Å². The number of nitrogens with zero attached hydrogens (tertiary/aromatic N) is 2. The normalized spacial score (nSPS) is 18.2. The molecule has 6 nitrogen and oxygen atoms in total. The van der Waals surface area contributed by atoms with Crippen molar-refractivity contribution in [3.63, 3.8) is 0 Å². The summed E-state index contributed by atoms with van der Waals surface area (Å²) in [5, 5.41) is 17.7. The highest BCUT2D eigenvalue weighted by molar-refractivity contribution is 7.13. The van der Waals surface area contributed by atoms with E-state index >= 15 is 0 Å². The van der Waals surface area contributed by atoms with Crippen molar-refractivity contribution >= 4 is 28.1 Å². The summed E-state index contributed by atoms with van der Waals surface area (Å²) in [6.07, 6.45) is 2.97. The predicted octanol–water partition coefficient (Wildman–Crippen LogP) is 3.45. The third-order valence-electron chi connectivity index (χ3n) is 3.77. The molecule has 0 saturated carbocycles. The molecule has 2 aromatic heterocycles. The van der Waals surface area contributed by atoms with Gasteiger partial charge in [-0.15, -0.1) is 11.3 Å². The third kappa shape index (κ3) is 2.52. The molecule has 1 aliphatic carbocycles. The monoisotopic (exact) mass is 319 g/mol. The van der Waals surface area contributed by atoms with Gasteiger partial charge < -0.3 is 9.62 Å². The molecule has 2 N–H and O–H groups in total. The fourth-order valence-electron chi connectivity index (χ4n) is 2.86. The summed E-state index contributed by atoms with van der Waals surface area (Å²) < 4.78 is 5.79. The maximum Gasteiger partial charge on any atom is 0.293 e. The van der Waals surface area contributed by atoms with Crippen LogP contribution in [0.25, 0.3) is 0 Å². The SMILES string of the molecule is Cc1c(C(=O)Nc2nccs2)oc2c1/C(=N\O)CC(C)(C)C2. The second kappa shape index (κ2) is 5.24. The highest BCUT2D eigenvalue weighted by atomic mass is 32.1. The molecule has 0 spiro atoms. The molecule has 0 bridgehead atoms. The van der Waals surface area contributed by atoms with Crippen LogP contribution in [0.15, 0.2) is 21.1 Å². The minimum atomic E-state index is -0.336. The zero-order valence-corrected chi connectivity index (χ0v) is 13.5. The van der Waals surface area contributed by atoms with Crippen molar-refractivity contribution in [2.24, 2.45) is 10.6 Å². The number of furan rings is 1. The Morgan fingerprint density at radius 1 is 1.50 bits per heavy atom. The lowest BCUT2D eigenvalue weighted by molar-refractivity contribution is 0.0993. The molecular weight excluding hydrogens is 302 g/mol. The van der Waals surface area contributed by atoms with E-state index in [1.807, 2.05) is 6.92 Å². The number of rotatable bonds is 2. The van der Waals surface area contributed by atoms with Crippen LogP contribution in [0.2, 0.25) is 0 Å². The zero-order valence-electron chi connectivity index (χ0n) is 12.6. The van der Waals surface area contributed by atoms with Crippen molar-refractivity contribution in [1.29, 1.82) is 0 Å². The second-order valence-corrected chi connectivity index (χ2v) is 7.10. The van der Waals surface area contributed by atoms with E-state index in [1.165, 1.54) is 11.3 Å². The first-order valence-corrected chi connectivity index (χ1v) is 7.83. The molecule has 0 radical (unpaired) electrons. The van der Waals surface area contributed by atoms with E-state index in [1.54, 1.807) is 11.6 Å². The van der Waals surface area contributed by atoms with Crippen LogP contribution in [-0.4, -0.2) is 21.8 Å². The van der Waals surface area contributed by atoms with E-state index in [0.29, 0.717) is 35.0 Å². The Morgan fingerprint density at radius 3 is 2.91 bits per heavy atom. The number of hydrogen-bond donors (Lipinski definition) is 2. The molecule has 0 saturated heterocycles. The highest BCUT2D eigenvalue weighted by Crippen LogP contribution is 2.38. The number of aromatic nitrogens is 1. The lowest BCUT2D eigenvalue weighted by atomic mass is 9.75. The summed E-state index contributed by atoms with van der Waals surface area (Å²) in [7, 11) is 0. The standard InChI is InChI=1S/C15H17N3O3S/c1-8-11-9(18-20)6-15(2,3)7-10(11)21-12(8)13(19)17-14-16-4-5-22-14/h4-5,20H,6-7H2,1-3H3,(H,16,17,19)/b18-9-. The molecule has 7 heteroatoms. The smallest absolute Gasteiger partial charge is 0.293 e. The first-order chi connectivity index (χ1) is 10.4. The van der Waals surface area contributed by atoms with Gasteiger partial charge in [0.25, 0.3) is 5.91 Å². The maximum atomic E-state index is 12.4. The van der Waals surface area contributed by atoms with Gasteiger partial charge in [-0.3, -0.25) is 10.1 Å². The summed E-state index contributed by atoms with van der Waals surface area (Å²) in [5.41, 5.74) is 1.96. The van der Waals surface area contributed by atoms with Crippen molar-refractivity contribution in [3.05, 3.63) is 34.2 Å². The number of carbonyl (C=O) groups is 1. The van der Waals surface area contributed by atoms with Gasteiger partial charge in [0.1, 0.15) is 5.76 Å². The minimum Gasteiger partial charge on any atom is -0.455 e. The van der Waals surface area contributed by atoms with Gasteiger partial charge in [-0.25, -0.2) is 4.98 Å². The van der Waals surface area contributed by atoms with E-state index in [2.05, 4.69) is 29.3 Å². The highest BCUT2D eigenvalue weighted by Gasteiger charge is 2.36. The summed E-state index contributed by atoms with van der Waals surface area (Å²) in [5.74, 6) is 0.613. The van der Waals surface area contributed by atoms with Crippen LogP contribution in [0.4, 0.5) is 5.13 Å². The largest absolute Gasteiger partial charge is 0.455 e. The van der Waals surface area contributed by atoms with E-state index < -0.39 is 0 Å². The number of hydrogen-bond acceptors (Lipinski definition) is 6. The van der Waals surface area contributed by atoms with Gasteiger partial charge in [0, 0.05) is 29.1 Å². The van der Waals surface area contributed by atoms with E-state index in [0.717, 1.165) is 5.56 Å². The molecule has 3 rings (SSSR count). The third-order valence-corrected chi connectivity index (χ3v) is 4.46. The summed E-state index contributed by atoms with van der Waals surface area (Å²) in [4.78, 5) is 16.4. The Labute approximate surface area is 131 Å². The van der Waals surface area contributed by atoms with Crippen LogP contribution in [0.5, 0.6) is 0 Å². The van der Waals surface area contributed by atoms with E-state index in [9.17, 15) is 10.0 Å². The average molecular weight is 319 g/mol. The minimum absolute atomic E-state index is 0.0675. The van der Waals surface area contributed by atoms with Crippen LogP contribution in [0.1, 0.15) is 47.7 Å².